The van der Waals surface area contributed by atoms with Gasteiger partial charge < -0.3 is 15.1 Å². The summed E-state index contributed by atoms with van der Waals surface area (Å²) in [5.41, 5.74) is 8.46. The van der Waals surface area contributed by atoms with E-state index in [1.807, 2.05) is 24.3 Å². The van der Waals surface area contributed by atoms with Crippen molar-refractivity contribution >= 4 is 16.8 Å². The molecule has 0 aromatic heterocycles. The van der Waals surface area contributed by atoms with Crippen molar-refractivity contribution in [3.05, 3.63) is 89.0 Å². The molecular weight excluding hydrogens is 408 g/mol. The van der Waals surface area contributed by atoms with Crippen LogP contribution in [0.2, 0.25) is 0 Å². The third kappa shape index (κ3) is 4.36. The molecule has 3 aromatic carbocycles. The predicted octanol–water partition coefficient (Wildman–Crippen LogP) is 5.53. The smallest absolute Gasteiger partial charge is 0.115 e. The Morgan fingerprint density at radius 3 is 2.00 bits per heavy atom. The van der Waals surface area contributed by atoms with E-state index in [0.717, 1.165) is 44.6 Å². The summed E-state index contributed by atoms with van der Waals surface area (Å²) < 4.78 is 0. The molecule has 1 aliphatic carbocycles. The fraction of sp³-hybridized carbons (Fsp3) is 0.310. The zero-order valence-corrected chi connectivity index (χ0v) is 19.5. The first-order valence-electron chi connectivity index (χ1n) is 11.9. The number of nitrogens with zero attached hydrogens (tertiary/aromatic N) is 2. The molecule has 33 heavy (non-hydrogen) atoms. The Bertz CT molecular complexity index is 1160. The maximum atomic E-state index is 10.0. The highest BCUT2D eigenvalue weighted by Gasteiger charge is 2.23. The summed E-state index contributed by atoms with van der Waals surface area (Å²) in [4.78, 5) is 5.01. The van der Waals surface area contributed by atoms with Gasteiger partial charge in [0.15, 0.2) is 0 Å². The molecule has 0 bridgehead atoms. The van der Waals surface area contributed by atoms with Crippen LogP contribution in [-0.4, -0.2) is 47.3 Å². The van der Waals surface area contributed by atoms with E-state index in [0.29, 0.717) is 11.8 Å². The molecule has 4 nitrogen and oxygen atoms in total. The maximum absolute atomic E-state index is 10.0. The van der Waals surface area contributed by atoms with Gasteiger partial charge in [0.05, 0.1) is 0 Å². The van der Waals surface area contributed by atoms with Crippen LogP contribution < -0.4 is 4.90 Å². The van der Waals surface area contributed by atoms with E-state index in [2.05, 4.69) is 47.9 Å². The summed E-state index contributed by atoms with van der Waals surface area (Å²) in [6, 6.07) is 22.8. The fourth-order valence-electron chi connectivity index (χ4n) is 5.19. The number of phenolic OH excluding ortho intramolecular Hbond substituents is 2. The van der Waals surface area contributed by atoms with Gasteiger partial charge in [-0.2, -0.15) is 0 Å². The molecule has 1 aliphatic heterocycles. The standard InChI is InChI=1S/C29H32N2O2/c1-20(2)30-15-17-31(18-16-30)24-8-3-22(4-9-24)29-27(21-5-10-25(32)11-6-21)13-7-23-19-26(33)12-14-28(23)29/h3-6,8-12,14,19-20,32-33H,7,13,15-18H2,1-2H3. The van der Waals surface area contributed by atoms with Crippen molar-refractivity contribution in [3.63, 3.8) is 0 Å². The number of hydrogen-bond acceptors (Lipinski definition) is 4. The van der Waals surface area contributed by atoms with Crippen LogP contribution in [0.3, 0.4) is 0 Å². The number of phenols is 2. The quantitative estimate of drug-likeness (QED) is 0.560. The Morgan fingerprint density at radius 1 is 0.697 bits per heavy atom. The predicted molar refractivity (Wildman–Crippen MR) is 136 cm³/mol. The molecule has 1 fully saturated rings. The number of benzene rings is 3. The lowest BCUT2D eigenvalue weighted by Gasteiger charge is -2.38. The Kier molecular flexibility index (Phi) is 5.86. The minimum Gasteiger partial charge on any atom is -0.508 e. The number of allylic oxidation sites excluding steroid dienone is 1. The summed E-state index contributed by atoms with van der Waals surface area (Å²) >= 11 is 0. The van der Waals surface area contributed by atoms with Gasteiger partial charge in [-0.1, -0.05) is 30.3 Å². The third-order valence-corrected chi connectivity index (χ3v) is 7.09. The minimum absolute atomic E-state index is 0.281. The SMILES string of the molecule is CC(C)N1CCN(c2ccc(C3=C(c4ccc(O)cc4)CCc4cc(O)ccc43)cc2)CC1. The number of hydrogen-bond donors (Lipinski definition) is 2. The van der Waals surface area contributed by atoms with Crippen molar-refractivity contribution in [3.8, 4) is 11.5 Å². The summed E-state index contributed by atoms with van der Waals surface area (Å²) in [6.45, 7) is 8.86. The summed E-state index contributed by atoms with van der Waals surface area (Å²) in [5.74, 6) is 0.598. The molecular formula is C29H32N2O2. The molecule has 0 atom stereocenters. The van der Waals surface area contributed by atoms with Crippen LogP contribution in [0.1, 0.15) is 42.5 Å². The Labute approximate surface area is 196 Å². The second-order valence-electron chi connectivity index (χ2n) is 9.41. The highest BCUT2D eigenvalue weighted by molar-refractivity contribution is 6.01. The van der Waals surface area contributed by atoms with E-state index in [-0.39, 0.29) is 5.75 Å². The summed E-state index contributed by atoms with van der Waals surface area (Å²) in [6.07, 6.45) is 1.79. The highest BCUT2D eigenvalue weighted by atomic mass is 16.3. The highest BCUT2D eigenvalue weighted by Crippen LogP contribution is 2.42. The summed E-state index contributed by atoms with van der Waals surface area (Å²) in [7, 11) is 0. The third-order valence-electron chi connectivity index (χ3n) is 7.09. The van der Waals surface area contributed by atoms with E-state index in [4.69, 9.17) is 0 Å². The molecule has 2 aliphatic rings. The van der Waals surface area contributed by atoms with Crippen LogP contribution in [0.5, 0.6) is 11.5 Å². The molecule has 1 saturated heterocycles. The first kappa shape index (κ1) is 21.6. The van der Waals surface area contributed by atoms with Gasteiger partial charge in [0.2, 0.25) is 0 Å². The van der Waals surface area contributed by atoms with Gasteiger partial charge in [-0.05, 0) is 96.5 Å². The van der Waals surface area contributed by atoms with E-state index in [1.54, 1.807) is 18.2 Å². The second-order valence-corrected chi connectivity index (χ2v) is 9.41. The maximum Gasteiger partial charge on any atom is 0.115 e. The van der Waals surface area contributed by atoms with Gasteiger partial charge >= 0.3 is 0 Å². The molecule has 0 amide bonds. The van der Waals surface area contributed by atoms with Crippen molar-refractivity contribution in [2.75, 3.05) is 31.1 Å². The van der Waals surface area contributed by atoms with Crippen molar-refractivity contribution < 1.29 is 10.2 Å². The van der Waals surface area contributed by atoms with Crippen molar-refractivity contribution in [1.82, 2.24) is 4.90 Å². The number of fused-ring (bicyclic) bond motifs is 1. The molecule has 0 spiro atoms. The number of rotatable bonds is 4. The van der Waals surface area contributed by atoms with Gasteiger partial charge in [-0.15, -0.1) is 0 Å². The molecule has 0 unspecified atom stereocenters. The Morgan fingerprint density at radius 2 is 1.33 bits per heavy atom. The van der Waals surface area contributed by atoms with E-state index in [9.17, 15) is 10.2 Å². The Hall–Kier alpha value is -3.24. The van der Waals surface area contributed by atoms with Gasteiger partial charge in [-0.3, -0.25) is 4.90 Å². The molecule has 3 aromatic rings. The normalized spacial score (nSPS) is 16.9. The number of anilines is 1. The van der Waals surface area contributed by atoms with E-state index >= 15 is 0 Å². The molecule has 4 heteroatoms. The fourth-order valence-corrected chi connectivity index (χ4v) is 5.19. The second kappa shape index (κ2) is 8.95. The number of aryl methyl sites for hydroxylation is 1. The molecule has 5 rings (SSSR count). The van der Waals surface area contributed by atoms with Crippen LogP contribution in [0, 0.1) is 0 Å². The number of aromatic hydroxyl groups is 2. The first-order chi connectivity index (χ1) is 16.0. The van der Waals surface area contributed by atoms with Crippen LogP contribution >= 0.6 is 0 Å². The van der Waals surface area contributed by atoms with Crippen LogP contribution in [0.15, 0.2) is 66.7 Å². The lowest BCUT2D eigenvalue weighted by Crippen LogP contribution is -2.48. The lowest BCUT2D eigenvalue weighted by atomic mass is 9.79. The zero-order valence-electron chi connectivity index (χ0n) is 19.5. The van der Waals surface area contributed by atoms with Gasteiger partial charge in [0.1, 0.15) is 11.5 Å². The number of piperazine rings is 1. The van der Waals surface area contributed by atoms with Crippen molar-refractivity contribution in [2.24, 2.45) is 0 Å². The Balaban J connectivity index is 1.51. The average molecular weight is 441 g/mol. The van der Waals surface area contributed by atoms with Crippen LogP contribution in [0.25, 0.3) is 11.1 Å². The van der Waals surface area contributed by atoms with Gasteiger partial charge in [0, 0.05) is 37.9 Å². The minimum atomic E-state index is 0.281. The molecule has 0 saturated carbocycles. The van der Waals surface area contributed by atoms with Crippen LogP contribution in [-0.2, 0) is 6.42 Å². The van der Waals surface area contributed by atoms with Crippen LogP contribution in [0.4, 0.5) is 5.69 Å². The van der Waals surface area contributed by atoms with Crippen molar-refractivity contribution in [1.29, 1.82) is 0 Å². The summed E-state index contributed by atoms with van der Waals surface area (Å²) in [5, 5.41) is 19.8. The molecule has 1 heterocycles. The van der Waals surface area contributed by atoms with Gasteiger partial charge in [-0.25, -0.2) is 0 Å². The molecule has 170 valence electrons. The van der Waals surface area contributed by atoms with Gasteiger partial charge in [0.25, 0.3) is 0 Å². The van der Waals surface area contributed by atoms with Crippen molar-refractivity contribution in [2.45, 2.75) is 32.7 Å². The molecule has 0 radical (unpaired) electrons. The zero-order chi connectivity index (χ0) is 22.9. The topological polar surface area (TPSA) is 46.9 Å². The van der Waals surface area contributed by atoms with E-state index < -0.39 is 0 Å². The molecule has 2 N–H and O–H groups in total. The average Bonchev–Trinajstić information content (AvgIpc) is 2.84. The first-order valence-corrected chi connectivity index (χ1v) is 11.9. The van der Waals surface area contributed by atoms with E-state index in [1.165, 1.54) is 33.5 Å². The largest absolute Gasteiger partial charge is 0.508 e. The lowest BCUT2D eigenvalue weighted by molar-refractivity contribution is 0.209. The monoisotopic (exact) mass is 440 g/mol.